The molecular formula is C35H56NO4+. The number of hydrogen-bond donors (Lipinski definition) is 2. The van der Waals surface area contributed by atoms with E-state index in [4.69, 9.17) is 10.2 Å². The highest BCUT2D eigenvalue weighted by molar-refractivity contribution is 6.01. The van der Waals surface area contributed by atoms with Crippen molar-refractivity contribution >= 4 is 11.9 Å². The van der Waals surface area contributed by atoms with E-state index in [0.29, 0.717) is 0 Å². The summed E-state index contributed by atoms with van der Waals surface area (Å²) in [6.07, 6.45) is 23.2. The first-order valence-electron chi connectivity index (χ1n) is 15.7. The Bertz CT molecular complexity index is 893. The maximum atomic E-state index is 10.5. The molecule has 0 fully saturated rings. The fourth-order valence-electron chi connectivity index (χ4n) is 5.10. The lowest BCUT2D eigenvalue weighted by Gasteiger charge is -2.30. The van der Waals surface area contributed by atoms with Crippen molar-refractivity contribution in [3.05, 3.63) is 71.3 Å². The molecule has 0 heterocycles. The molecule has 2 aromatic rings. The van der Waals surface area contributed by atoms with Gasteiger partial charge in [-0.25, -0.2) is 9.59 Å². The Hall–Kier alpha value is -2.66. The zero-order valence-corrected chi connectivity index (χ0v) is 25.6. The first kappa shape index (κ1) is 35.4. The van der Waals surface area contributed by atoms with Crippen LogP contribution in [-0.2, 0) is 6.54 Å². The predicted molar refractivity (Wildman–Crippen MR) is 167 cm³/mol. The molecule has 2 aromatic carbocycles. The molecule has 0 atom stereocenters. The van der Waals surface area contributed by atoms with Gasteiger partial charge in [0.15, 0.2) is 0 Å². The Kier molecular flexibility index (Phi) is 19.5. The SMILES string of the molecule is CCCCCCCCCCCCCCCCCC[N+](C)(C)Cc1ccccc1.O=C(O)c1ccccc1C(=O)O. The number of rotatable bonds is 21. The summed E-state index contributed by atoms with van der Waals surface area (Å²) in [6, 6.07) is 16.4. The molecule has 5 heteroatoms. The van der Waals surface area contributed by atoms with Crippen LogP contribution >= 0.6 is 0 Å². The van der Waals surface area contributed by atoms with Crippen molar-refractivity contribution in [1.29, 1.82) is 0 Å². The van der Waals surface area contributed by atoms with E-state index in [2.05, 4.69) is 51.4 Å². The van der Waals surface area contributed by atoms with Crippen LogP contribution in [0.2, 0.25) is 0 Å². The van der Waals surface area contributed by atoms with Crippen molar-refractivity contribution in [2.24, 2.45) is 0 Å². The van der Waals surface area contributed by atoms with Gasteiger partial charge in [0, 0.05) is 5.56 Å². The van der Waals surface area contributed by atoms with Crippen LogP contribution in [0.15, 0.2) is 54.6 Å². The quantitative estimate of drug-likeness (QED) is 0.119. The van der Waals surface area contributed by atoms with Crippen LogP contribution in [0.4, 0.5) is 0 Å². The zero-order valence-electron chi connectivity index (χ0n) is 25.6. The number of carbonyl (C=O) groups is 2. The highest BCUT2D eigenvalue weighted by Crippen LogP contribution is 2.15. The topological polar surface area (TPSA) is 74.6 Å². The van der Waals surface area contributed by atoms with Crippen LogP contribution in [0.3, 0.4) is 0 Å². The minimum atomic E-state index is -1.23. The molecule has 2 rings (SSSR count). The van der Waals surface area contributed by atoms with Crippen LogP contribution in [-0.4, -0.2) is 47.3 Å². The second-order valence-electron chi connectivity index (χ2n) is 11.8. The monoisotopic (exact) mass is 554 g/mol. The number of hydrogen-bond acceptors (Lipinski definition) is 2. The lowest BCUT2D eigenvalue weighted by Crippen LogP contribution is -2.39. The molecular weight excluding hydrogens is 498 g/mol. The van der Waals surface area contributed by atoms with Crippen molar-refractivity contribution in [3.63, 3.8) is 0 Å². The molecule has 0 spiro atoms. The summed E-state index contributed by atoms with van der Waals surface area (Å²) in [5, 5.41) is 17.1. The smallest absolute Gasteiger partial charge is 0.336 e. The number of quaternary nitrogens is 1. The molecule has 0 aliphatic carbocycles. The van der Waals surface area contributed by atoms with Gasteiger partial charge in [0.05, 0.1) is 31.8 Å². The van der Waals surface area contributed by atoms with Gasteiger partial charge in [0.25, 0.3) is 0 Å². The molecule has 0 saturated heterocycles. The molecule has 224 valence electrons. The summed E-state index contributed by atoms with van der Waals surface area (Å²) >= 11 is 0. The summed E-state index contributed by atoms with van der Waals surface area (Å²) in [6.45, 7) is 4.75. The third-order valence-corrected chi connectivity index (χ3v) is 7.46. The van der Waals surface area contributed by atoms with Gasteiger partial charge in [0.2, 0.25) is 0 Å². The average Bonchev–Trinajstić information content (AvgIpc) is 2.93. The maximum Gasteiger partial charge on any atom is 0.336 e. The standard InChI is InChI=1S/C27H50N.C8H6O4/c1-4-5-6-7-8-9-10-11-12-13-14-15-16-17-18-22-25-28(2,3)26-27-23-20-19-21-24-27;9-7(10)5-3-1-2-4-6(5)8(11)12/h19-21,23-24H,4-18,22,25-26H2,1-3H3;1-4H,(H,9,10)(H,11,12)/q+1;. The summed E-state index contributed by atoms with van der Waals surface area (Å²) < 4.78 is 1.11. The van der Waals surface area contributed by atoms with E-state index in [1.54, 1.807) is 0 Å². The molecule has 0 bridgehead atoms. The van der Waals surface area contributed by atoms with E-state index < -0.39 is 11.9 Å². The van der Waals surface area contributed by atoms with Gasteiger partial charge < -0.3 is 14.7 Å². The molecule has 0 aliphatic rings. The van der Waals surface area contributed by atoms with Gasteiger partial charge in [-0.1, -0.05) is 139 Å². The Labute approximate surface area is 244 Å². The number of nitrogens with zero attached hydrogens (tertiary/aromatic N) is 1. The van der Waals surface area contributed by atoms with E-state index in [-0.39, 0.29) is 11.1 Å². The summed E-state index contributed by atoms with van der Waals surface area (Å²) in [5.74, 6) is -2.46. The van der Waals surface area contributed by atoms with Crippen LogP contribution in [0.25, 0.3) is 0 Å². The lowest BCUT2D eigenvalue weighted by molar-refractivity contribution is -0.903. The number of carboxylic acid groups (broad SMARTS) is 2. The second-order valence-corrected chi connectivity index (χ2v) is 11.8. The van der Waals surface area contributed by atoms with Gasteiger partial charge in [-0.2, -0.15) is 0 Å². The third kappa shape index (κ3) is 17.8. The van der Waals surface area contributed by atoms with Crippen molar-refractivity contribution in [2.75, 3.05) is 20.6 Å². The van der Waals surface area contributed by atoms with E-state index >= 15 is 0 Å². The van der Waals surface area contributed by atoms with Crippen molar-refractivity contribution < 1.29 is 24.3 Å². The summed E-state index contributed by atoms with van der Waals surface area (Å²) in [7, 11) is 4.75. The first-order valence-corrected chi connectivity index (χ1v) is 15.7. The third-order valence-electron chi connectivity index (χ3n) is 7.46. The Morgan fingerprint density at radius 1 is 0.550 bits per heavy atom. The highest BCUT2D eigenvalue weighted by Gasteiger charge is 2.15. The normalized spacial score (nSPS) is 11.1. The molecule has 0 saturated carbocycles. The maximum absolute atomic E-state index is 10.5. The minimum absolute atomic E-state index is 0.190. The first-order chi connectivity index (χ1) is 19.3. The Morgan fingerprint density at radius 2 is 0.900 bits per heavy atom. The fourth-order valence-corrected chi connectivity index (χ4v) is 5.10. The number of carboxylic acids is 2. The van der Waals surface area contributed by atoms with E-state index in [0.717, 1.165) is 11.0 Å². The van der Waals surface area contributed by atoms with Crippen molar-refractivity contribution in [3.8, 4) is 0 Å². The van der Waals surface area contributed by atoms with Gasteiger partial charge in [-0.3, -0.25) is 0 Å². The minimum Gasteiger partial charge on any atom is -0.478 e. The predicted octanol–water partition coefficient (Wildman–Crippen LogP) is 9.61. The van der Waals surface area contributed by atoms with Gasteiger partial charge in [0.1, 0.15) is 6.54 Å². The van der Waals surface area contributed by atoms with Gasteiger partial charge in [-0.15, -0.1) is 0 Å². The zero-order chi connectivity index (χ0) is 29.5. The molecule has 2 N–H and O–H groups in total. The molecule has 40 heavy (non-hydrogen) atoms. The molecule has 0 aromatic heterocycles. The molecule has 5 nitrogen and oxygen atoms in total. The fraction of sp³-hybridized carbons (Fsp3) is 0.600. The van der Waals surface area contributed by atoms with E-state index in [1.807, 2.05) is 0 Å². The van der Waals surface area contributed by atoms with Crippen molar-refractivity contribution in [2.45, 2.75) is 116 Å². The second kappa shape index (κ2) is 22.1. The van der Waals surface area contributed by atoms with Crippen molar-refractivity contribution in [1.82, 2.24) is 0 Å². The van der Waals surface area contributed by atoms with Gasteiger partial charge in [-0.05, 0) is 25.0 Å². The molecule has 0 amide bonds. The highest BCUT2D eigenvalue weighted by atomic mass is 16.4. The van der Waals surface area contributed by atoms with Crippen LogP contribution < -0.4 is 0 Å². The summed E-state index contributed by atoms with van der Waals surface area (Å²) in [4.78, 5) is 20.9. The average molecular weight is 555 g/mol. The number of aromatic carboxylic acids is 2. The molecule has 0 radical (unpaired) electrons. The van der Waals surface area contributed by atoms with E-state index in [1.165, 1.54) is 139 Å². The van der Waals surface area contributed by atoms with Gasteiger partial charge >= 0.3 is 11.9 Å². The Morgan fingerprint density at radius 3 is 1.27 bits per heavy atom. The van der Waals surface area contributed by atoms with Crippen LogP contribution in [0.5, 0.6) is 0 Å². The van der Waals surface area contributed by atoms with E-state index in [9.17, 15) is 9.59 Å². The largest absolute Gasteiger partial charge is 0.478 e. The Balaban J connectivity index is 0.000000552. The van der Waals surface area contributed by atoms with Crippen LogP contribution in [0, 0.1) is 0 Å². The molecule has 0 aliphatic heterocycles. The number of benzene rings is 2. The number of unbranched alkanes of at least 4 members (excludes halogenated alkanes) is 15. The van der Waals surface area contributed by atoms with Crippen LogP contribution in [0.1, 0.15) is 136 Å². The molecule has 0 unspecified atom stereocenters. The lowest BCUT2D eigenvalue weighted by atomic mass is 10.0. The summed E-state index contributed by atoms with van der Waals surface area (Å²) in [5.41, 5.74) is 1.08.